The van der Waals surface area contributed by atoms with E-state index in [1.165, 1.54) is 0 Å². The third-order valence-electron chi connectivity index (χ3n) is 2.74. The second-order valence-corrected chi connectivity index (χ2v) is 7.72. The molecule has 10 heteroatoms. The minimum Gasteiger partial charge on any atom is -0.300 e. The van der Waals surface area contributed by atoms with E-state index in [2.05, 4.69) is 7.81 Å². The smallest absolute Gasteiger partial charge is 0.234 e. The molecule has 0 saturated carbocycles. The van der Waals surface area contributed by atoms with E-state index in [1.54, 1.807) is 13.0 Å². The molecule has 23 heavy (non-hydrogen) atoms. The maximum atomic E-state index is 10.9. The predicted molar refractivity (Wildman–Crippen MR) is 92.0 cm³/mol. The summed E-state index contributed by atoms with van der Waals surface area (Å²) in [6.45, 7) is 5.13. The molecule has 0 unspecified atom stereocenters. The molecular formula is C13H26O8S2. The lowest BCUT2D eigenvalue weighted by Crippen LogP contribution is -2.10. The minimum atomic E-state index is -4.51. The number of Topliss-reactive ketones (excluding diaryl/α,β-unsaturated/α-hetero) is 1. The van der Waals surface area contributed by atoms with E-state index in [0.29, 0.717) is 6.42 Å². The summed E-state index contributed by atoms with van der Waals surface area (Å²) in [5, 5.41) is 0. The Kier molecular flexibility index (Phi) is 10.2. The van der Waals surface area contributed by atoms with Crippen LogP contribution in [0.5, 0.6) is 0 Å². The molecule has 5 N–H and O–H groups in total. The highest BCUT2D eigenvalue weighted by molar-refractivity contribution is 8.28. The lowest BCUT2D eigenvalue weighted by molar-refractivity contribution is -0.116. The van der Waals surface area contributed by atoms with Crippen LogP contribution in [-0.4, -0.2) is 35.2 Å². The van der Waals surface area contributed by atoms with Crippen molar-refractivity contribution >= 4 is 28.1 Å². The molecule has 0 atom stereocenters. The summed E-state index contributed by atoms with van der Waals surface area (Å²) in [6.07, 6.45) is 6.39. The summed E-state index contributed by atoms with van der Waals surface area (Å²) < 4.78 is 52.4. The molecule has 0 aliphatic rings. The van der Waals surface area contributed by atoms with Crippen molar-refractivity contribution in [2.75, 3.05) is 6.61 Å². The standard InChI is InChI=1S/C13H26O8S2/c1-11(7-8-13(3)14)5-4-6-12(2)9-10-20-23(18,19)21-22(15,16)17/h5,9,15-19H,4,6-8,10H2,1-3H3/b11-5+,12-9+. The number of hydrogen-bond acceptors (Lipinski definition) is 8. The van der Waals surface area contributed by atoms with Crippen molar-refractivity contribution in [3.8, 4) is 0 Å². The van der Waals surface area contributed by atoms with Crippen molar-refractivity contribution < 1.29 is 35.4 Å². The van der Waals surface area contributed by atoms with Gasteiger partial charge in [0.15, 0.2) is 0 Å². The highest BCUT2D eigenvalue weighted by atomic mass is 32.4. The SMILES string of the molecule is CC(=O)CC/C(C)=C/CC/C(C)=C/COS(O)(O)OS(O)(O)O. The molecule has 8 nitrogen and oxygen atoms in total. The molecule has 0 aromatic rings. The van der Waals surface area contributed by atoms with Gasteiger partial charge in [-0.3, -0.25) is 26.9 Å². The molecule has 0 radical (unpaired) electrons. The number of rotatable bonds is 11. The molecule has 0 aromatic carbocycles. The van der Waals surface area contributed by atoms with Crippen molar-refractivity contribution in [3.05, 3.63) is 23.3 Å². The Morgan fingerprint density at radius 2 is 1.48 bits per heavy atom. The van der Waals surface area contributed by atoms with Gasteiger partial charge in [-0.05, 0) is 40.0 Å². The van der Waals surface area contributed by atoms with Crippen molar-refractivity contribution in [2.24, 2.45) is 0 Å². The second-order valence-electron chi connectivity index (χ2n) is 5.11. The van der Waals surface area contributed by atoms with Crippen molar-refractivity contribution in [3.63, 3.8) is 0 Å². The average Bonchev–Trinajstić information content (AvgIpc) is 2.33. The van der Waals surface area contributed by atoms with Crippen molar-refractivity contribution in [1.29, 1.82) is 0 Å². The quantitative estimate of drug-likeness (QED) is 0.326. The molecule has 0 aliphatic carbocycles. The summed E-state index contributed by atoms with van der Waals surface area (Å²) in [7, 11) is 0. The van der Waals surface area contributed by atoms with Gasteiger partial charge < -0.3 is 4.79 Å². The van der Waals surface area contributed by atoms with Crippen LogP contribution in [0.1, 0.15) is 46.5 Å². The van der Waals surface area contributed by atoms with Gasteiger partial charge in [-0.2, -0.15) is 0 Å². The summed E-state index contributed by atoms with van der Waals surface area (Å²) in [5.41, 5.74) is 2.06. The van der Waals surface area contributed by atoms with Crippen LogP contribution in [0.4, 0.5) is 0 Å². The number of allylic oxidation sites excluding steroid dienone is 3. The molecule has 0 bridgehead atoms. The van der Waals surface area contributed by atoms with E-state index < -0.39 is 22.3 Å². The lowest BCUT2D eigenvalue weighted by Gasteiger charge is -2.29. The molecule has 0 aliphatic heterocycles. The van der Waals surface area contributed by atoms with Gasteiger partial charge in [0, 0.05) is 6.42 Å². The highest BCUT2D eigenvalue weighted by Gasteiger charge is 2.29. The topological polar surface area (TPSA) is 137 Å². The van der Waals surface area contributed by atoms with E-state index in [9.17, 15) is 13.9 Å². The van der Waals surface area contributed by atoms with Gasteiger partial charge in [-0.1, -0.05) is 23.3 Å². The maximum absolute atomic E-state index is 10.9. The van der Waals surface area contributed by atoms with Gasteiger partial charge in [0.1, 0.15) is 5.78 Å². The molecule has 0 heterocycles. The van der Waals surface area contributed by atoms with Crippen LogP contribution in [0.25, 0.3) is 0 Å². The Labute approximate surface area is 140 Å². The van der Waals surface area contributed by atoms with Crippen LogP contribution < -0.4 is 0 Å². The third-order valence-corrected chi connectivity index (χ3v) is 4.62. The molecule has 0 amide bonds. The van der Waals surface area contributed by atoms with Crippen LogP contribution in [0.3, 0.4) is 0 Å². The fourth-order valence-corrected chi connectivity index (χ4v) is 2.88. The first-order valence-corrected chi connectivity index (χ1v) is 9.69. The Morgan fingerprint density at radius 1 is 0.913 bits per heavy atom. The largest absolute Gasteiger partial charge is 0.300 e. The second kappa shape index (κ2) is 10.4. The summed E-state index contributed by atoms with van der Waals surface area (Å²) >= 11 is -8.69. The Bertz CT molecular complexity index is 440. The van der Waals surface area contributed by atoms with Crippen LogP contribution in [0.15, 0.2) is 23.3 Å². The van der Waals surface area contributed by atoms with E-state index in [4.69, 9.17) is 13.7 Å². The van der Waals surface area contributed by atoms with Gasteiger partial charge >= 0.3 is 0 Å². The van der Waals surface area contributed by atoms with E-state index in [1.807, 2.05) is 19.9 Å². The summed E-state index contributed by atoms with van der Waals surface area (Å²) in [5.74, 6) is 0.159. The highest BCUT2D eigenvalue weighted by Crippen LogP contribution is 2.54. The first-order valence-electron chi connectivity index (χ1n) is 6.86. The van der Waals surface area contributed by atoms with E-state index in [-0.39, 0.29) is 12.4 Å². The third kappa shape index (κ3) is 14.9. The van der Waals surface area contributed by atoms with Gasteiger partial charge in [-0.25, -0.2) is 0 Å². The zero-order valence-corrected chi connectivity index (χ0v) is 15.1. The van der Waals surface area contributed by atoms with E-state index >= 15 is 0 Å². The number of carbonyl (C=O) groups is 1. The summed E-state index contributed by atoms with van der Waals surface area (Å²) in [4.78, 5) is 10.9. The molecule has 0 rings (SSSR count). The molecule has 0 aromatic heterocycles. The Hall–Kier alpha value is -0.430. The monoisotopic (exact) mass is 374 g/mol. The predicted octanol–water partition coefficient (Wildman–Crippen LogP) is 4.78. The molecule has 138 valence electrons. The molecule has 0 saturated heterocycles. The van der Waals surface area contributed by atoms with Gasteiger partial charge in [-0.15, -0.1) is 3.63 Å². The average molecular weight is 374 g/mol. The normalized spacial score (nSPS) is 15.7. The maximum Gasteiger partial charge on any atom is 0.234 e. The number of ketones is 1. The fraction of sp³-hybridized carbons (Fsp3) is 0.615. The Morgan fingerprint density at radius 3 is 2.00 bits per heavy atom. The van der Waals surface area contributed by atoms with Crippen LogP contribution in [0.2, 0.25) is 0 Å². The minimum absolute atomic E-state index is 0.159. The first kappa shape index (κ1) is 22.6. The zero-order chi connectivity index (χ0) is 18.1. The molecule has 0 spiro atoms. The lowest BCUT2D eigenvalue weighted by atomic mass is 10.1. The van der Waals surface area contributed by atoms with Crippen LogP contribution in [-0.2, 0) is 12.6 Å². The zero-order valence-electron chi connectivity index (χ0n) is 13.5. The van der Waals surface area contributed by atoms with Crippen molar-refractivity contribution in [1.82, 2.24) is 0 Å². The molecule has 0 fully saturated rings. The van der Waals surface area contributed by atoms with Crippen molar-refractivity contribution in [2.45, 2.75) is 46.5 Å². The van der Waals surface area contributed by atoms with Gasteiger partial charge in [0.25, 0.3) is 0 Å². The molecular weight excluding hydrogens is 348 g/mol. The summed E-state index contributed by atoms with van der Waals surface area (Å²) in [6, 6.07) is 0. The number of hydrogen-bond donors (Lipinski definition) is 5. The van der Waals surface area contributed by atoms with Crippen LogP contribution >= 0.6 is 22.3 Å². The fourth-order valence-electron chi connectivity index (χ4n) is 1.53. The first-order chi connectivity index (χ1) is 10.4. The Balaban J connectivity index is 4.13. The van der Waals surface area contributed by atoms with Gasteiger partial charge in [0.05, 0.1) is 6.61 Å². The van der Waals surface area contributed by atoms with E-state index in [0.717, 1.165) is 30.4 Å². The van der Waals surface area contributed by atoms with Gasteiger partial charge in [0.2, 0.25) is 22.3 Å². The van der Waals surface area contributed by atoms with Crippen LogP contribution in [0, 0.1) is 0 Å². The number of carbonyl (C=O) groups excluding carboxylic acids is 1.